The second kappa shape index (κ2) is 5.53. The van der Waals surface area contributed by atoms with Crippen molar-refractivity contribution in [3.05, 3.63) is 35.4 Å². The number of aryl methyl sites for hydroxylation is 1. The molecule has 0 fully saturated rings. The van der Waals surface area contributed by atoms with Crippen molar-refractivity contribution in [3.63, 3.8) is 0 Å². The summed E-state index contributed by atoms with van der Waals surface area (Å²) in [5.74, 6) is -1.06. The molecule has 2 amide bonds. The third-order valence-corrected chi connectivity index (χ3v) is 3.64. The van der Waals surface area contributed by atoms with Crippen LogP contribution in [0.15, 0.2) is 24.3 Å². The first-order valence-electron chi connectivity index (χ1n) is 6.80. The van der Waals surface area contributed by atoms with Crippen LogP contribution in [0.3, 0.4) is 0 Å². The molecule has 0 heterocycles. The number of benzene rings is 1. The molecule has 1 unspecified atom stereocenters. The smallest absolute Gasteiger partial charge is 0.328 e. The second-order valence-electron chi connectivity index (χ2n) is 5.67. The molecule has 0 saturated heterocycles. The lowest BCUT2D eigenvalue weighted by atomic mass is 9.88. The average molecular weight is 276 g/mol. The minimum absolute atomic E-state index is 0.0513. The highest BCUT2D eigenvalue weighted by atomic mass is 16.4. The van der Waals surface area contributed by atoms with Gasteiger partial charge in [0.25, 0.3) is 0 Å². The fourth-order valence-corrected chi connectivity index (χ4v) is 2.44. The van der Waals surface area contributed by atoms with Gasteiger partial charge >= 0.3 is 12.0 Å². The van der Waals surface area contributed by atoms with Gasteiger partial charge in [0.2, 0.25) is 0 Å². The van der Waals surface area contributed by atoms with Crippen molar-refractivity contribution in [3.8, 4) is 0 Å². The molecule has 0 aliphatic heterocycles. The van der Waals surface area contributed by atoms with Gasteiger partial charge in [0.15, 0.2) is 0 Å². The van der Waals surface area contributed by atoms with Gasteiger partial charge in [-0.25, -0.2) is 9.59 Å². The Hall–Kier alpha value is -2.04. The maximum absolute atomic E-state index is 12.0. The fourth-order valence-electron chi connectivity index (χ4n) is 2.44. The molecule has 20 heavy (non-hydrogen) atoms. The molecule has 1 aromatic rings. The van der Waals surface area contributed by atoms with Crippen molar-refractivity contribution < 1.29 is 14.7 Å². The largest absolute Gasteiger partial charge is 0.480 e. The van der Waals surface area contributed by atoms with Crippen molar-refractivity contribution in [1.82, 2.24) is 10.6 Å². The van der Waals surface area contributed by atoms with Crippen molar-refractivity contribution in [1.29, 1.82) is 0 Å². The molecule has 1 aliphatic rings. The van der Waals surface area contributed by atoms with Crippen molar-refractivity contribution in [2.45, 2.75) is 44.7 Å². The Labute approximate surface area is 118 Å². The lowest BCUT2D eigenvalue weighted by Gasteiger charge is -2.28. The topological polar surface area (TPSA) is 78.4 Å². The van der Waals surface area contributed by atoms with Gasteiger partial charge in [-0.05, 0) is 44.2 Å². The zero-order chi connectivity index (χ0) is 14.8. The number of carboxylic acids is 1. The van der Waals surface area contributed by atoms with Gasteiger partial charge in [0.1, 0.15) is 5.54 Å². The molecular formula is C15H20N2O3. The average Bonchev–Trinajstić information content (AvgIpc) is 2.38. The van der Waals surface area contributed by atoms with E-state index in [1.54, 1.807) is 0 Å². The predicted octanol–water partition coefficient (Wildman–Crippen LogP) is 2.23. The molecule has 0 spiro atoms. The summed E-state index contributed by atoms with van der Waals surface area (Å²) in [6.07, 6.45) is 2.92. The zero-order valence-corrected chi connectivity index (χ0v) is 11.8. The number of fused-ring (bicyclic) bond motifs is 1. The van der Waals surface area contributed by atoms with Crippen LogP contribution in [0.2, 0.25) is 0 Å². The Morgan fingerprint density at radius 1 is 1.30 bits per heavy atom. The number of rotatable bonds is 3. The maximum Gasteiger partial charge on any atom is 0.328 e. The molecule has 5 heteroatoms. The van der Waals surface area contributed by atoms with E-state index in [0.29, 0.717) is 0 Å². The van der Waals surface area contributed by atoms with Gasteiger partial charge in [0.05, 0.1) is 6.04 Å². The van der Waals surface area contributed by atoms with E-state index >= 15 is 0 Å². The number of hydrogen-bond acceptors (Lipinski definition) is 2. The number of carbonyl (C=O) groups is 2. The molecule has 2 rings (SSSR count). The van der Waals surface area contributed by atoms with E-state index in [1.807, 2.05) is 18.2 Å². The Kier molecular flexibility index (Phi) is 3.97. The van der Waals surface area contributed by atoms with E-state index in [4.69, 9.17) is 5.11 Å². The number of aliphatic carboxylic acids is 1. The van der Waals surface area contributed by atoms with Gasteiger partial charge in [0, 0.05) is 0 Å². The molecule has 0 radical (unpaired) electrons. The summed E-state index contributed by atoms with van der Waals surface area (Å²) in [5, 5.41) is 14.4. The fraction of sp³-hybridized carbons (Fsp3) is 0.467. The SMILES string of the molecule is CC(C)(NC(=O)NC1CCCc2ccccc21)C(=O)O. The van der Waals surface area contributed by atoms with Crippen LogP contribution < -0.4 is 10.6 Å². The highest BCUT2D eigenvalue weighted by Gasteiger charge is 2.30. The lowest BCUT2D eigenvalue weighted by molar-refractivity contribution is -0.142. The summed E-state index contributed by atoms with van der Waals surface area (Å²) in [6, 6.07) is 7.54. The summed E-state index contributed by atoms with van der Waals surface area (Å²) < 4.78 is 0. The number of amides is 2. The molecule has 1 aromatic carbocycles. The Balaban J connectivity index is 2.05. The monoisotopic (exact) mass is 276 g/mol. The molecule has 5 nitrogen and oxygen atoms in total. The van der Waals surface area contributed by atoms with E-state index in [9.17, 15) is 9.59 Å². The summed E-state index contributed by atoms with van der Waals surface area (Å²) >= 11 is 0. The molecule has 1 aliphatic carbocycles. The lowest BCUT2D eigenvalue weighted by Crippen LogP contribution is -2.53. The molecule has 108 valence electrons. The highest BCUT2D eigenvalue weighted by molar-refractivity contribution is 5.85. The standard InChI is InChI=1S/C15H20N2O3/c1-15(2,13(18)19)17-14(20)16-12-9-5-7-10-6-3-4-8-11(10)12/h3-4,6,8,12H,5,7,9H2,1-2H3,(H,18,19)(H2,16,17,20). The molecule has 0 saturated carbocycles. The third kappa shape index (κ3) is 3.10. The molecular weight excluding hydrogens is 256 g/mol. The van der Waals surface area contributed by atoms with Crippen LogP contribution in [-0.2, 0) is 11.2 Å². The van der Waals surface area contributed by atoms with Gasteiger partial charge in [-0.2, -0.15) is 0 Å². The van der Waals surface area contributed by atoms with Crippen LogP contribution in [0, 0.1) is 0 Å². The molecule has 0 bridgehead atoms. The number of hydrogen-bond donors (Lipinski definition) is 3. The molecule has 3 N–H and O–H groups in total. The van der Waals surface area contributed by atoms with Crippen LogP contribution in [0.25, 0.3) is 0 Å². The van der Waals surface area contributed by atoms with Crippen molar-refractivity contribution in [2.75, 3.05) is 0 Å². The third-order valence-electron chi connectivity index (χ3n) is 3.64. The van der Waals surface area contributed by atoms with Crippen LogP contribution in [0.5, 0.6) is 0 Å². The summed E-state index contributed by atoms with van der Waals surface area (Å²) in [4.78, 5) is 23.0. The highest BCUT2D eigenvalue weighted by Crippen LogP contribution is 2.29. The van der Waals surface area contributed by atoms with Crippen LogP contribution in [-0.4, -0.2) is 22.6 Å². The van der Waals surface area contributed by atoms with Gasteiger partial charge in [-0.1, -0.05) is 24.3 Å². The van der Waals surface area contributed by atoms with E-state index in [2.05, 4.69) is 16.7 Å². The number of urea groups is 1. The van der Waals surface area contributed by atoms with E-state index in [0.717, 1.165) is 24.8 Å². The summed E-state index contributed by atoms with van der Waals surface area (Å²) in [7, 11) is 0. The number of nitrogens with one attached hydrogen (secondary N) is 2. The van der Waals surface area contributed by atoms with Crippen LogP contribution in [0.4, 0.5) is 4.79 Å². The van der Waals surface area contributed by atoms with Gasteiger partial charge in [-0.3, -0.25) is 0 Å². The van der Waals surface area contributed by atoms with Crippen molar-refractivity contribution >= 4 is 12.0 Å². The second-order valence-corrected chi connectivity index (χ2v) is 5.67. The Bertz CT molecular complexity index is 526. The number of carbonyl (C=O) groups excluding carboxylic acids is 1. The molecule has 0 aromatic heterocycles. The Morgan fingerprint density at radius 2 is 2.00 bits per heavy atom. The van der Waals surface area contributed by atoms with E-state index in [-0.39, 0.29) is 6.04 Å². The number of carboxylic acid groups (broad SMARTS) is 1. The van der Waals surface area contributed by atoms with Gasteiger partial charge in [-0.15, -0.1) is 0 Å². The predicted molar refractivity (Wildman–Crippen MR) is 75.5 cm³/mol. The van der Waals surface area contributed by atoms with E-state index in [1.165, 1.54) is 19.4 Å². The first kappa shape index (κ1) is 14.4. The van der Waals surface area contributed by atoms with Crippen LogP contribution in [0.1, 0.15) is 43.9 Å². The first-order valence-corrected chi connectivity index (χ1v) is 6.80. The quantitative estimate of drug-likeness (QED) is 0.792. The van der Waals surface area contributed by atoms with Crippen molar-refractivity contribution in [2.24, 2.45) is 0 Å². The van der Waals surface area contributed by atoms with Gasteiger partial charge < -0.3 is 15.7 Å². The van der Waals surface area contributed by atoms with Crippen LogP contribution >= 0.6 is 0 Å². The first-order chi connectivity index (χ1) is 9.40. The maximum atomic E-state index is 12.0. The van der Waals surface area contributed by atoms with E-state index < -0.39 is 17.5 Å². The molecule has 1 atom stereocenters. The normalized spacial score (nSPS) is 18.0. The Morgan fingerprint density at radius 3 is 2.70 bits per heavy atom. The summed E-state index contributed by atoms with van der Waals surface area (Å²) in [5.41, 5.74) is 1.10. The minimum atomic E-state index is -1.28. The summed E-state index contributed by atoms with van der Waals surface area (Å²) in [6.45, 7) is 2.92. The zero-order valence-electron chi connectivity index (χ0n) is 11.8. The minimum Gasteiger partial charge on any atom is -0.480 e.